The van der Waals surface area contributed by atoms with E-state index < -0.39 is 0 Å². The highest BCUT2D eigenvalue weighted by Crippen LogP contribution is 2.28. The first-order chi connectivity index (χ1) is 13.7. The number of carbonyl (C=O) groups excluding carboxylic acids is 1. The van der Waals surface area contributed by atoms with Gasteiger partial charge in [0.1, 0.15) is 5.03 Å². The average Bonchev–Trinajstić information content (AvgIpc) is 3.10. The van der Waals surface area contributed by atoms with Crippen LogP contribution in [0, 0.1) is 0 Å². The molecule has 7 nitrogen and oxygen atoms in total. The van der Waals surface area contributed by atoms with Crippen molar-refractivity contribution >= 4 is 17.7 Å². The molecule has 1 aliphatic heterocycles. The van der Waals surface area contributed by atoms with E-state index in [-0.39, 0.29) is 11.9 Å². The van der Waals surface area contributed by atoms with Crippen LogP contribution in [0.4, 0.5) is 0 Å². The van der Waals surface area contributed by atoms with E-state index in [0.29, 0.717) is 23.9 Å². The van der Waals surface area contributed by atoms with Crippen molar-refractivity contribution in [3.05, 3.63) is 54.4 Å². The van der Waals surface area contributed by atoms with E-state index in [1.165, 1.54) is 11.8 Å². The third kappa shape index (κ3) is 4.23. The Labute approximate surface area is 167 Å². The van der Waals surface area contributed by atoms with Crippen molar-refractivity contribution in [2.75, 3.05) is 13.2 Å². The zero-order valence-corrected chi connectivity index (χ0v) is 16.4. The van der Waals surface area contributed by atoms with E-state index in [4.69, 9.17) is 4.74 Å². The number of ether oxygens (including phenoxy) is 1. The molecule has 1 amide bonds. The number of imidazole rings is 1. The molecule has 2 aromatic heterocycles. The second kappa shape index (κ2) is 8.53. The fourth-order valence-electron chi connectivity index (χ4n) is 3.05. The molecule has 1 saturated heterocycles. The molecule has 3 aromatic rings. The first-order valence-electron chi connectivity index (χ1n) is 9.18. The molecular weight excluding hydrogens is 374 g/mol. The van der Waals surface area contributed by atoms with Gasteiger partial charge in [-0.3, -0.25) is 4.79 Å². The van der Waals surface area contributed by atoms with E-state index in [2.05, 4.69) is 32.6 Å². The van der Waals surface area contributed by atoms with Gasteiger partial charge in [-0.2, -0.15) is 0 Å². The molecule has 0 radical (unpaired) electrons. The van der Waals surface area contributed by atoms with E-state index in [1.54, 1.807) is 12.1 Å². The van der Waals surface area contributed by atoms with Crippen LogP contribution < -0.4 is 5.32 Å². The van der Waals surface area contributed by atoms with Crippen LogP contribution in [0.2, 0.25) is 0 Å². The zero-order valence-electron chi connectivity index (χ0n) is 15.5. The highest BCUT2D eigenvalue weighted by molar-refractivity contribution is 7.99. The maximum Gasteiger partial charge on any atom is 0.272 e. The molecule has 1 fully saturated rings. The van der Waals surface area contributed by atoms with Crippen molar-refractivity contribution in [2.24, 2.45) is 7.05 Å². The average molecular weight is 395 g/mol. The number of nitrogens with zero attached hydrogens (tertiary/aromatic N) is 4. The second-order valence-corrected chi connectivity index (χ2v) is 7.56. The Balaban J connectivity index is 1.42. The second-order valence-electron chi connectivity index (χ2n) is 6.57. The third-order valence-corrected chi connectivity index (χ3v) is 5.63. The summed E-state index contributed by atoms with van der Waals surface area (Å²) in [6, 6.07) is 13.7. The maximum absolute atomic E-state index is 12.3. The Morgan fingerprint density at radius 3 is 2.64 bits per heavy atom. The topological polar surface area (TPSA) is 81.9 Å². The quantitative estimate of drug-likeness (QED) is 0.715. The molecule has 144 valence electrons. The zero-order chi connectivity index (χ0) is 19.3. The van der Waals surface area contributed by atoms with Crippen LogP contribution in [0.15, 0.2) is 58.8 Å². The van der Waals surface area contributed by atoms with Crippen molar-refractivity contribution in [3.63, 3.8) is 0 Å². The summed E-state index contributed by atoms with van der Waals surface area (Å²) in [5.41, 5.74) is 2.46. The van der Waals surface area contributed by atoms with Crippen molar-refractivity contribution in [2.45, 2.75) is 29.1 Å². The van der Waals surface area contributed by atoms with Crippen molar-refractivity contribution in [3.8, 4) is 11.3 Å². The SMILES string of the molecule is Cn1c(-c2ccccc2)cnc1Sc1ccc(C(=O)NC2CCOCC2)nn1. The molecule has 0 bridgehead atoms. The smallest absolute Gasteiger partial charge is 0.272 e. The molecule has 0 aliphatic carbocycles. The van der Waals surface area contributed by atoms with Gasteiger partial charge in [-0.15, -0.1) is 10.2 Å². The van der Waals surface area contributed by atoms with Gasteiger partial charge in [0.2, 0.25) is 0 Å². The molecule has 0 unspecified atom stereocenters. The summed E-state index contributed by atoms with van der Waals surface area (Å²) in [5.74, 6) is -0.195. The highest BCUT2D eigenvalue weighted by atomic mass is 32.2. The molecule has 0 saturated carbocycles. The first-order valence-corrected chi connectivity index (χ1v) is 9.99. The highest BCUT2D eigenvalue weighted by Gasteiger charge is 2.18. The summed E-state index contributed by atoms with van der Waals surface area (Å²) in [4.78, 5) is 16.8. The summed E-state index contributed by atoms with van der Waals surface area (Å²) < 4.78 is 7.33. The summed E-state index contributed by atoms with van der Waals surface area (Å²) in [6.07, 6.45) is 3.51. The summed E-state index contributed by atoms with van der Waals surface area (Å²) >= 11 is 1.42. The standard InChI is InChI=1S/C20H21N5O2S/c1-25-17(14-5-3-2-4-6-14)13-21-20(25)28-18-8-7-16(23-24-18)19(26)22-15-9-11-27-12-10-15/h2-8,13,15H,9-12H2,1H3,(H,22,26). The van der Waals surface area contributed by atoms with Gasteiger partial charge in [0, 0.05) is 26.3 Å². The van der Waals surface area contributed by atoms with Gasteiger partial charge in [0.05, 0.1) is 11.9 Å². The number of rotatable bonds is 5. The molecule has 1 aliphatic rings. The minimum atomic E-state index is -0.195. The van der Waals surface area contributed by atoms with Crippen LogP contribution >= 0.6 is 11.8 Å². The predicted octanol–water partition coefficient (Wildman–Crippen LogP) is 2.94. The lowest BCUT2D eigenvalue weighted by molar-refractivity contribution is 0.0693. The van der Waals surface area contributed by atoms with Crippen LogP contribution in [0.5, 0.6) is 0 Å². The summed E-state index contributed by atoms with van der Waals surface area (Å²) in [5, 5.41) is 12.8. The van der Waals surface area contributed by atoms with Gasteiger partial charge in [0.15, 0.2) is 10.9 Å². The third-order valence-electron chi connectivity index (χ3n) is 4.64. The molecule has 4 rings (SSSR count). The lowest BCUT2D eigenvalue weighted by Crippen LogP contribution is -2.39. The molecule has 28 heavy (non-hydrogen) atoms. The van der Waals surface area contributed by atoms with E-state index in [9.17, 15) is 4.79 Å². The van der Waals surface area contributed by atoms with Gasteiger partial charge in [-0.25, -0.2) is 4.98 Å². The molecule has 3 heterocycles. The van der Waals surface area contributed by atoms with Gasteiger partial charge >= 0.3 is 0 Å². The Morgan fingerprint density at radius 2 is 1.93 bits per heavy atom. The summed E-state index contributed by atoms with van der Waals surface area (Å²) in [7, 11) is 1.97. The number of nitrogens with one attached hydrogen (secondary N) is 1. The number of hydrogen-bond acceptors (Lipinski definition) is 6. The number of aromatic nitrogens is 4. The van der Waals surface area contributed by atoms with Crippen LogP contribution in [0.1, 0.15) is 23.3 Å². The van der Waals surface area contributed by atoms with Crippen LogP contribution in [0.25, 0.3) is 11.3 Å². The van der Waals surface area contributed by atoms with Crippen molar-refractivity contribution < 1.29 is 9.53 Å². The molecule has 8 heteroatoms. The molecule has 0 spiro atoms. The first kappa shape index (κ1) is 18.6. The minimum Gasteiger partial charge on any atom is -0.381 e. The molecule has 0 atom stereocenters. The molecule has 1 N–H and O–H groups in total. The lowest BCUT2D eigenvalue weighted by atomic mass is 10.1. The Hall–Kier alpha value is -2.71. The van der Waals surface area contributed by atoms with E-state index in [0.717, 1.165) is 29.3 Å². The van der Waals surface area contributed by atoms with Gasteiger partial charge in [-0.1, -0.05) is 30.3 Å². The van der Waals surface area contributed by atoms with Crippen LogP contribution in [-0.2, 0) is 11.8 Å². The Kier molecular flexibility index (Phi) is 5.68. The monoisotopic (exact) mass is 395 g/mol. The normalized spacial score (nSPS) is 14.8. The fraction of sp³-hybridized carbons (Fsp3) is 0.300. The number of carbonyl (C=O) groups is 1. The van der Waals surface area contributed by atoms with Gasteiger partial charge < -0.3 is 14.6 Å². The van der Waals surface area contributed by atoms with Crippen LogP contribution in [-0.4, -0.2) is 44.9 Å². The predicted molar refractivity (Wildman–Crippen MR) is 106 cm³/mol. The maximum atomic E-state index is 12.3. The minimum absolute atomic E-state index is 0.140. The fourth-order valence-corrected chi connectivity index (χ4v) is 3.80. The van der Waals surface area contributed by atoms with Crippen LogP contribution in [0.3, 0.4) is 0 Å². The Bertz CT molecular complexity index is 937. The van der Waals surface area contributed by atoms with E-state index >= 15 is 0 Å². The van der Waals surface area contributed by atoms with E-state index in [1.807, 2.05) is 36.0 Å². The molecule has 1 aromatic carbocycles. The summed E-state index contributed by atoms with van der Waals surface area (Å²) in [6.45, 7) is 1.36. The number of hydrogen-bond donors (Lipinski definition) is 1. The largest absolute Gasteiger partial charge is 0.381 e. The van der Waals surface area contributed by atoms with Gasteiger partial charge in [0.25, 0.3) is 5.91 Å². The Morgan fingerprint density at radius 1 is 1.14 bits per heavy atom. The number of benzene rings is 1. The lowest BCUT2D eigenvalue weighted by Gasteiger charge is -2.22. The van der Waals surface area contributed by atoms with Crippen molar-refractivity contribution in [1.82, 2.24) is 25.1 Å². The molecular formula is C20H21N5O2S. The number of amides is 1. The van der Waals surface area contributed by atoms with Gasteiger partial charge in [-0.05, 0) is 42.3 Å². The van der Waals surface area contributed by atoms with Crippen molar-refractivity contribution in [1.29, 1.82) is 0 Å².